The van der Waals surface area contributed by atoms with Crippen LogP contribution in [0.1, 0.15) is 252 Å². The summed E-state index contributed by atoms with van der Waals surface area (Å²) in [7, 11) is 0. The Bertz CT molecular complexity index is 1340. The molecular weight excluding hydrogens is 837 g/mol. The number of allylic oxidation sites excluding steroid dienone is 18. The van der Waals surface area contributed by atoms with E-state index in [1.807, 2.05) is 0 Å². The van der Waals surface area contributed by atoms with Gasteiger partial charge in [-0.05, 0) is 103 Å². The van der Waals surface area contributed by atoms with Gasteiger partial charge in [-0.3, -0.25) is 9.59 Å². The minimum absolute atomic E-state index is 0.113. The summed E-state index contributed by atoms with van der Waals surface area (Å²) in [5, 5.41) is 0. The first-order chi connectivity index (χ1) is 33.6. The van der Waals surface area contributed by atoms with Gasteiger partial charge in [-0.15, -0.1) is 0 Å². The van der Waals surface area contributed by atoms with E-state index >= 15 is 0 Å². The molecule has 388 valence electrons. The fourth-order valence-electron chi connectivity index (χ4n) is 7.56. The van der Waals surface area contributed by atoms with Crippen molar-refractivity contribution >= 4 is 11.9 Å². The molecule has 0 fully saturated rings. The average Bonchev–Trinajstić information content (AvgIpc) is 3.34. The summed E-state index contributed by atoms with van der Waals surface area (Å²) >= 11 is 0. The van der Waals surface area contributed by atoms with Gasteiger partial charge in [0.15, 0.2) is 0 Å². The minimum Gasteiger partial charge on any atom is -0.463 e. The van der Waals surface area contributed by atoms with Gasteiger partial charge in [0.05, 0.1) is 0 Å². The second-order valence-electron chi connectivity index (χ2n) is 18.5. The van der Waals surface area contributed by atoms with Crippen LogP contribution in [0.4, 0.5) is 0 Å². The van der Waals surface area contributed by atoms with Gasteiger partial charge < -0.3 is 14.2 Å². The maximum Gasteiger partial charge on any atom is 0.305 e. The summed E-state index contributed by atoms with van der Waals surface area (Å²) < 4.78 is 17.4. The molecule has 0 aliphatic heterocycles. The zero-order valence-electron chi connectivity index (χ0n) is 44.6. The van der Waals surface area contributed by atoms with Gasteiger partial charge in [0, 0.05) is 19.4 Å². The first-order valence-corrected chi connectivity index (χ1v) is 28.4. The Hall–Kier alpha value is -3.44. The van der Waals surface area contributed by atoms with Gasteiger partial charge in [-0.25, -0.2) is 0 Å². The highest BCUT2D eigenvalue weighted by molar-refractivity contribution is 5.69. The van der Waals surface area contributed by atoms with Crippen molar-refractivity contribution in [2.75, 3.05) is 19.8 Å². The molecule has 0 bridgehead atoms. The first-order valence-electron chi connectivity index (χ1n) is 28.4. The SMILES string of the molecule is CC/C=C\C/C=C\C/C=C\C/C=C\C/C=C\CCCC(=O)OC[C@H](COC(=O)CCCCC/C=C\C/C=C\C/C=C\C/C=C\CCCCC)OCCCCCCCCCCCCCCCCCC. The second-order valence-corrected chi connectivity index (χ2v) is 18.5. The number of rotatable bonds is 51. The number of esters is 2. The standard InChI is InChI=1S/C63H106O5/c1-4-7-10-13-16-19-22-25-28-31-32-34-36-39-42-45-48-51-54-57-63(65)68-60-61(66-58-55-52-49-46-43-40-37-30-27-24-21-18-15-12-9-6-3)59-67-62(64)56-53-50-47-44-41-38-35-33-29-26-23-20-17-14-11-8-5-2/h8,11,16-17,19-20,25-26,28-29,32,34-35,38-39,42,44,47,61H,4-7,9-10,12-15,18,21-24,27,30-31,33,36-37,40-41,43,45-46,48-60H2,1-3H3/b11-8-,19-16-,20-17-,28-25-,29-26-,34-32-,38-35-,42-39-,47-44-/t61-/m1/s1. The Morgan fingerprint density at radius 1 is 0.324 bits per heavy atom. The van der Waals surface area contributed by atoms with Crippen LogP contribution in [0.5, 0.6) is 0 Å². The molecule has 0 amide bonds. The van der Waals surface area contributed by atoms with Crippen molar-refractivity contribution in [3.63, 3.8) is 0 Å². The predicted octanol–water partition coefficient (Wildman–Crippen LogP) is 19.6. The van der Waals surface area contributed by atoms with Crippen molar-refractivity contribution in [3.8, 4) is 0 Å². The third-order valence-electron chi connectivity index (χ3n) is 11.8. The Labute approximate surface area is 421 Å². The molecule has 0 N–H and O–H groups in total. The smallest absolute Gasteiger partial charge is 0.305 e. The van der Waals surface area contributed by atoms with Crippen molar-refractivity contribution in [3.05, 3.63) is 109 Å². The quantitative estimate of drug-likeness (QED) is 0.0345. The lowest BCUT2D eigenvalue weighted by molar-refractivity contribution is -0.155. The normalized spacial score (nSPS) is 13.0. The molecule has 68 heavy (non-hydrogen) atoms. The van der Waals surface area contributed by atoms with Crippen LogP contribution in [-0.4, -0.2) is 37.9 Å². The molecule has 5 nitrogen and oxygen atoms in total. The number of ether oxygens (including phenoxy) is 3. The lowest BCUT2D eigenvalue weighted by atomic mass is 10.0. The van der Waals surface area contributed by atoms with E-state index in [0.717, 1.165) is 103 Å². The zero-order valence-corrected chi connectivity index (χ0v) is 44.6. The average molecular weight is 944 g/mol. The molecule has 0 saturated heterocycles. The molecule has 0 aromatic carbocycles. The van der Waals surface area contributed by atoms with Crippen LogP contribution in [0.2, 0.25) is 0 Å². The number of unbranched alkanes of at least 4 members (excludes halogenated alkanes) is 22. The Kier molecular flexibility index (Phi) is 54.9. The fraction of sp³-hybridized carbons (Fsp3) is 0.683. The molecule has 0 aromatic rings. The monoisotopic (exact) mass is 943 g/mol. The van der Waals surface area contributed by atoms with Crippen molar-refractivity contribution in [1.29, 1.82) is 0 Å². The van der Waals surface area contributed by atoms with Crippen LogP contribution >= 0.6 is 0 Å². The van der Waals surface area contributed by atoms with Gasteiger partial charge in [-0.2, -0.15) is 0 Å². The van der Waals surface area contributed by atoms with Crippen LogP contribution < -0.4 is 0 Å². The highest BCUT2D eigenvalue weighted by atomic mass is 16.6. The molecule has 0 spiro atoms. The summed E-state index contributed by atoms with van der Waals surface area (Å²) in [5.74, 6) is -0.434. The van der Waals surface area contributed by atoms with E-state index in [2.05, 4.69) is 130 Å². The van der Waals surface area contributed by atoms with Crippen LogP contribution in [0.25, 0.3) is 0 Å². The molecule has 0 saturated carbocycles. The van der Waals surface area contributed by atoms with E-state index in [0.29, 0.717) is 19.4 Å². The van der Waals surface area contributed by atoms with Crippen LogP contribution in [0.15, 0.2) is 109 Å². The summed E-state index contributed by atoms with van der Waals surface area (Å²) in [5.41, 5.74) is 0. The zero-order chi connectivity index (χ0) is 49.2. The van der Waals surface area contributed by atoms with E-state index < -0.39 is 6.10 Å². The van der Waals surface area contributed by atoms with Crippen molar-refractivity contribution in [1.82, 2.24) is 0 Å². The van der Waals surface area contributed by atoms with Gasteiger partial charge in [-0.1, -0.05) is 246 Å². The third-order valence-corrected chi connectivity index (χ3v) is 11.8. The number of hydrogen-bond acceptors (Lipinski definition) is 5. The Morgan fingerprint density at radius 3 is 1.01 bits per heavy atom. The van der Waals surface area contributed by atoms with Crippen molar-refractivity contribution in [2.45, 2.75) is 258 Å². The molecule has 0 aliphatic carbocycles. The maximum atomic E-state index is 12.7. The van der Waals surface area contributed by atoms with Gasteiger partial charge in [0.2, 0.25) is 0 Å². The molecule has 0 aromatic heterocycles. The molecule has 0 heterocycles. The molecule has 0 unspecified atom stereocenters. The number of hydrogen-bond donors (Lipinski definition) is 0. The van der Waals surface area contributed by atoms with E-state index in [4.69, 9.17) is 14.2 Å². The summed E-state index contributed by atoms with van der Waals surface area (Å²) in [6.07, 6.45) is 79.9. The maximum absolute atomic E-state index is 12.7. The lowest BCUT2D eigenvalue weighted by Crippen LogP contribution is -2.29. The third kappa shape index (κ3) is 55.2. The van der Waals surface area contributed by atoms with Crippen LogP contribution in [0.3, 0.4) is 0 Å². The van der Waals surface area contributed by atoms with E-state index in [-0.39, 0.29) is 25.2 Å². The molecule has 1 atom stereocenters. The van der Waals surface area contributed by atoms with Gasteiger partial charge in [0.1, 0.15) is 19.3 Å². The molecular formula is C63H106O5. The van der Waals surface area contributed by atoms with Crippen LogP contribution in [0, 0.1) is 0 Å². The fourth-order valence-corrected chi connectivity index (χ4v) is 7.56. The summed E-state index contributed by atoms with van der Waals surface area (Å²) in [6, 6.07) is 0. The summed E-state index contributed by atoms with van der Waals surface area (Å²) in [6.45, 7) is 7.50. The predicted molar refractivity (Wildman–Crippen MR) is 297 cm³/mol. The Morgan fingerprint density at radius 2 is 0.618 bits per heavy atom. The van der Waals surface area contributed by atoms with E-state index in [9.17, 15) is 9.59 Å². The molecule has 0 aliphatic rings. The highest BCUT2D eigenvalue weighted by Gasteiger charge is 2.16. The van der Waals surface area contributed by atoms with E-state index in [1.54, 1.807) is 0 Å². The number of carbonyl (C=O) groups is 2. The lowest BCUT2D eigenvalue weighted by Gasteiger charge is -2.18. The van der Waals surface area contributed by atoms with E-state index in [1.165, 1.54) is 116 Å². The van der Waals surface area contributed by atoms with Crippen molar-refractivity contribution in [2.24, 2.45) is 0 Å². The largest absolute Gasteiger partial charge is 0.463 e. The molecule has 5 heteroatoms. The minimum atomic E-state index is -0.442. The first kappa shape index (κ1) is 64.6. The molecule has 0 rings (SSSR count). The molecule has 0 radical (unpaired) electrons. The summed E-state index contributed by atoms with van der Waals surface area (Å²) in [4.78, 5) is 25.3. The van der Waals surface area contributed by atoms with Gasteiger partial charge in [0.25, 0.3) is 0 Å². The van der Waals surface area contributed by atoms with Crippen molar-refractivity contribution < 1.29 is 23.8 Å². The second kappa shape index (κ2) is 57.9. The topological polar surface area (TPSA) is 61.8 Å². The van der Waals surface area contributed by atoms with Crippen LogP contribution in [-0.2, 0) is 23.8 Å². The van der Waals surface area contributed by atoms with Gasteiger partial charge >= 0.3 is 11.9 Å². The highest BCUT2D eigenvalue weighted by Crippen LogP contribution is 2.15. The number of carbonyl (C=O) groups excluding carboxylic acids is 2. The Balaban J connectivity index is 4.42.